The summed E-state index contributed by atoms with van der Waals surface area (Å²) < 4.78 is 40.9. The van der Waals surface area contributed by atoms with Crippen molar-refractivity contribution < 1.29 is 22.8 Å². The van der Waals surface area contributed by atoms with Gasteiger partial charge in [-0.15, -0.1) is 0 Å². The monoisotopic (exact) mass is 480 g/mol. The van der Waals surface area contributed by atoms with Crippen molar-refractivity contribution in [2.45, 2.75) is 13.1 Å². The molecular weight excluding hydrogens is 465 g/mol. The molecule has 2 aromatic carbocycles. The molecule has 6 nitrogen and oxygen atoms in total. The summed E-state index contributed by atoms with van der Waals surface area (Å²) in [5.74, 6) is -0.981. The molecule has 30 heavy (non-hydrogen) atoms. The fourth-order valence-electron chi connectivity index (χ4n) is 2.70. The Hall–Kier alpha value is -3.14. The van der Waals surface area contributed by atoms with Gasteiger partial charge in [-0.2, -0.15) is 18.3 Å². The van der Waals surface area contributed by atoms with Gasteiger partial charge in [0.15, 0.2) is 0 Å². The molecule has 2 N–H and O–H groups in total. The van der Waals surface area contributed by atoms with Gasteiger partial charge in [0.1, 0.15) is 0 Å². The SMILES string of the molecule is Cc1c(C(=O)NCC(=O)Nc2ccc(Br)cc2)cnn1-c1cccc(C(F)(F)F)c1. The average Bonchev–Trinajstić information content (AvgIpc) is 3.09. The maximum Gasteiger partial charge on any atom is 0.416 e. The minimum Gasteiger partial charge on any atom is -0.343 e. The summed E-state index contributed by atoms with van der Waals surface area (Å²) >= 11 is 3.29. The van der Waals surface area contributed by atoms with Crippen LogP contribution in [0.1, 0.15) is 21.6 Å². The molecule has 0 fully saturated rings. The summed E-state index contributed by atoms with van der Waals surface area (Å²) in [5, 5.41) is 9.13. The first kappa shape index (κ1) is 21.6. The van der Waals surface area contributed by atoms with Crippen LogP contribution in [0, 0.1) is 6.92 Å². The van der Waals surface area contributed by atoms with Gasteiger partial charge in [0.25, 0.3) is 5.91 Å². The first-order chi connectivity index (χ1) is 14.1. The fourth-order valence-corrected chi connectivity index (χ4v) is 2.97. The van der Waals surface area contributed by atoms with Crippen LogP contribution in [-0.4, -0.2) is 28.1 Å². The molecule has 0 unspecified atom stereocenters. The Morgan fingerprint density at radius 1 is 1.13 bits per heavy atom. The summed E-state index contributed by atoms with van der Waals surface area (Å²) in [7, 11) is 0. The Balaban J connectivity index is 1.67. The molecular formula is C20H16BrF3N4O2. The lowest BCUT2D eigenvalue weighted by Crippen LogP contribution is -2.33. The highest BCUT2D eigenvalue weighted by molar-refractivity contribution is 9.10. The number of anilines is 1. The van der Waals surface area contributed by atoms with Gasteiger partial charge in [-0.3, -0.25) is 9.59 Å². The third-order valence-corrected chi connectivity index (χ3v) is 4.74. The van der Waals surface area contributed by atoms with Crippen molar-refractivity contribution in [3.8, 4) is 5.69 Å². The maximum atomic E-state index is 12.9. The molecule has 10 heteroatoms. The molecule has 0 bridgehead atoms. The zero-order valence-corrected chi connectivity index (χ0v) is 17.2. The molecule has 0 atom stereocenters. The second-order valence-electron chi connectivity index (χ2n) is 6.34. The first-order valence-electron chi connectivity index (χ1n) is 8.71. The highest BCUT2D eigenvalue weighted by Gasteiger charge is 2.30. The van der Waals surface area contributed by atoms with E-state index in [1.165, 1.54) is 23.0 Å². The van der Waals surface area contributed by atoms with Crippen LogP contribution in [0.15, 0.2) is 59.2 Å². The fraction of sp³-hybridized carbons (Fsp3) is 0.150. The summed E-state index contributed by atoms with van der Waals surface area (Å²) in [5.41, 5.74) is 0.440. The van der Waals surface area contributed by atoms with E-state index in [0.717, 1.165) is 16.6 Å². The number of hydrogen-bond donors (Lipinski definition) is 2. The molecule has 0 saturated carbocycles. The molecule has 0 aliphatic carbocycles. The molecule has 0 aliphatic rings. The number of rotatable bonds is 5. The predicted molar refractivity (Wildman–Crippen MR) is 108 cm³/mol. The number of alkyl halides is 3. The van der Waals surface area contributed by atoms with Crippen molar-refractivity contribution in [3.63, 3.8) is 0 Å². The quantitative estimate of drug-likeness (QED) is 0.570. The lowest BCUT2D eigenvalue weighted by atomic mass is 10.2. The maximum absolute atomic E-state index is 12.9. The highest BCUT2D eigenvalue weighted by atomic mass is 79.9. The number of nitrogens with one attached hydrogen (secondary N) is 2. The van der Waals surface area contributed by atoms with E-state index in [4.69, 9.17) is 0 Å². The zero-order valence-electron chi connectivity index (χ0n) is 15.6. The molecule has 3 aromatic rings. The molecule has 3 rings (SSSR count). The molecule has 1 aromatic heterocycles. The third kappa shape index (κ3) is 5.07. The van der Waals surface area contributed by atoms with Gasteiger partial charge in [-0.1, -0.05) is 22.0 Å². The molecule has 0 saturated heterocycles. The second kappa shape index (κ2) is 8.70. The Morgan fingerprint density at radius 3 is 2.50 bits per heavy atom. The highest BCUT2D eigenvalue weighted by Crippen LogP contribution is 2.30. The van der Waals surface area contributed by atoms with Crippen molar-refractivity contribution in [2.75, 3.05) is 11.9 Å². The van der Waals surface area contributed by atoms with Crippen molar-refractivity contribution in [1.82, 2.24) is 15.1 Å². The van der Waals surface area contributed by atoms with Crippen LogP contribution in [0.5, 0.6) is 0 Å². The van der Waals surface area contributed by atoms with E-state index < -0.39 is 23.6 Å². The van der Waals surface area contributed by atoms with Crippen LogP contribution in [0.3, 0.4) is 0 Å². The van der Waals surface area contributed by atoms with Gasteiger partial charge in [-0.05, 0) is 49.4 Å². The van der Waals surface area contributed by atoms with E-state index in [-0.39, 0.29) is 17.8 Å². The van der Waals surface area contributed by atoms with Crippen molar-refractivity contribution >= 4 is 33.4 Å². The second-order valence-corrected chi connectivity index (χ2v) is 7.26. The van der Waals surface area contributed by atoms with Crippen LogP contribution in [0.2, 0.25) is 0 Å². The Morgan fingerprint density at radius 2 is 1.83 bits per heavy atom. The van der Waals surface area contributed by atoms with E-state index in [0.29, 0.717) is 11.4 Å². The third-order valence-electron chi connectivity index (χ3n) is 4.21. The molecule has 0 aliphatic heterocycles. The van der Waals surface area contributed by atoms with Crippen molar-refractivity contribution in [2.24, 2.45) is 0 Å². The summed E-state index contributed by atoms with van der Waals surface area (Å²) in [4.78, 5) is 24.4. The normalized spacial score (nSPS) is 11.2. The van der Waals surface area contributed by atoms with Crippen LogP contribution in [0.25, 0.3) is 5.69 Å². The first-order valence-corrected chi connectivity index (χ1v) is 9.50. The lowest BCUT2D eigenvalue weighted by molar-refractivity contribution is -0.137. The lowest BCUT2D eigenvalue weighted by Gasteiger charge is -2.10. The largest absolute Gasteiger partial charge is 0.416 e. The number of carbonyl (C=O) groups excluding carboxylic acids is 2. The number of halogens is 4. The van der Waals surface area contributed by atoms with E-state index in [1.54, 1.807) is 31.2 Å². The van der Waals surface area contributed by atoms with Crippen molar-refractivity contribution in [1.29, 1.82) is 0 Å². The van der Waals surface area contributed by atoms with Gasteiger partial charge >= 0.3 is 6.18 Å². The molecule has 2 amide bonds. The van der Waals surface area contributed by atoms with E-state index >= 15 is 0 Å². The predicted octanol–water partition coefficient (Wildman–Crippen LogP) is 4.33. The average molecular weight is 481 g/mol. The molecule has 0 radical (unpaired) electrons. The van der Waals surface area contributed by atoms with Gasteiger partial charge in [0.2, 0.25) is 5.91 Å². The van der Waals surface area contributed by atoms with Crippen LogP contribution in [-0.2, 0) is 11.0 Å². The van der Waals surface area contributed by atoms with Crippen LogP contribution < -0.4 is 10.6 Å². The smallest absolute Gasteiger partial charge is 0.343 e. The van der Waals surface area contributed by atoms with E-state index in [1.807, 2.05) is 0 Å². The summed E-state index contributed by atoms with van der Waals surface area (Å²) in [6.07, 6.45) is -3.24. The minimum atomic E-state index is -4.49. The number of hydrogen-bond acceptors (Lipinski definition) is 3. The standard InChI is InChI=1S/C20H16BrF3N4O2/c1-12-17(10-26-28(12)16-4-2-3-13(9-16)20(22,23)24)19(30)25-11-18(29)27-15-7-5-14(21)6-8-15/h2-10H,11H2,1H3,(H,25,30)(H,27,29). The minimum absolute atomic E-state index is 0.156. The molecule has 0 spiro atoms. The Kier molecular flexibility index (Phi) is 6.25. The molecule has 156 valence electrons. The number of benzene rings is 2. The van der Waals surface area contributed by atoms with E-state index in [2.05, 4.69) is 31.7 Å². The van der Waals surface area contributed by atoms with E-state index in [9.17, 15) is 22.8 Å². The molecule has 1 heterocycles. The van der Waals surface area contributed by atoms with Gasteiger partial charge in [0, 0.05) is 10.2 Å². The Bertz CT molecular complexity index is 1080. The zero-order chi connectivity index (χ0) is 21.9. The number of amides is 2. The Labute approximate surface area is 178 Å². The van der Waals surface area contributed by atoms with Gasteiger partial charge in [0.05, 0.1) is 35.2 Å². The van der Waals surface area contributed by atoms with Crippen LogP contribution >= 0.6 is 15.9 Å². The number of carbonyl (C=O) groups is 2. The summed E-state index contributed by atoms with van der Waals surface area (Å²) in [6, 6.07) is 11.6. The summed E-state index contributed by atoms with van der Waals surface area (Å²) in [6.45, 7) is 1.28. The van der Waals surface area contributed by atoms with Crippen molar-refractivity contribution in [3.05, 3.63) is 76.0 Å². The van der Waals surface area contributed by atoms with Gasteiger partial charge in [-0.25, -0.2) is 4.68 Å². The number of aromatic nitrogens is 2. The van der Waals surface area contributed by atoms with Gasteiger partial charge < -0.3 is 10.6 Å². The topological polar surface area (TPSA) is 76.0 Å². The number of nitrogens with zero attached hydrogens (tertiary/aromatic N) is 2. The van der Waals surface area contributed by atoms with Crippen LogP contribution in [0.4, 0.5) is 18.9 Å².